The minimum Gasteiger partial charge on any atom is -0.438 e. The van der Waals surface area contributed by atoms with Crippen molar-refractivity contribution in [3.05, 3.63) is 76.1 Å². The molecule has 1 amide bonds. The molecular formula is C23H25N3O2S. The van der Waals surface area contributed by atoms with Gasteiger partial charge in [-0.15, -0.1) is 0 Å². The van der Waals surface area contributed by atoms with Gasteiger partial charge in [0.2, 0.25) is 5.88 Å². The fourth-order valence-corrected chi connectivity index (χ4v) is 4.16. The molecular weight excluding hydrogens is 382 g/mol. The van der Waals surface area contributed by atoms with Crippen molar-refractivity contribution >= 4 is 17.2 Å². The molecule has 0 saturated carbocycles. The van der Waals surface area contributed by atoms with Crippen molar-refractivity contribution in [3.63, 3.8) is 0 Å². The van der Waals surface area contributed by atoms with E-state index in [4.69, 9.17) is 4.74 Å². The number of rotatable bonds is 5. The second-order valence-electron chi connectivity index (χ2n) is 7.32. The summed E-state index contributed by atoms with van der Waals surface area (Å²) in [5.41, 5.74) is 3.02. The normalized spacial score (nSPS) is 15.1. The Labute approximate surface area is 175 Å². The number of carbonyl (C=O) groups excluding carboxylic acids is 1. The molecule has 0 N–H and O–H groups in total. The van der Waals surface area contributed by atoms with Crippen molar-refractivity contribution in [2.24, 2.45) is 0 Å². The van der Waals surface area contributed by atoms with Gasteiger partial charge >= 0.3 is 0 Å². The van der Waals surface area contributed by atoms with Crippen molar-refractivity contribution in [3.8, 4) is 11.6 Å². The van der Waals surface area contributed by atoms with E-state index in [1.807, 2.05) is 36.1 Å². The van der Waals surface area contributed by atoms with Crippen LogP contribution in [0.4, 0.5) is 0 Å². The Bertz CT molecular complexity index is 941. The summed E-state index contributed by atoms with van der Waals surface area (Å²) in [7, 11) is 0. The molecule has 0 unspecified atom stereocenters. The number of amides is 1. The Morgan fingerprint density at radius 3 is 2.76 bits per heavy atom. The van der Waals surface area contributed by atoms with Gasteiger partial charge in [0, 0.05) is 38.9 Å². The van der Waals surface area contributed by atoms with E-state index in [0.717, 1.165) is 38.2 Å². The lowest BCUT2D eigenvalue weighted by molar-refractivity contribution is 0.0757. The van der Waals surface area contributed by atoms with E-state index in [9.17, 15) is 4.79 Å². The Hall–Kier alpha value is -2.70. The van der Waals surface area contributed by atoms with Crippen molar-refractivity contribution < 1.29 is 9.53 Å². The van der Waals surface area contributed by atoms with Crippen LogP contribution in [0.3, 0.4) is 0 Å². The van der Waals surface area contributed by atoms with E-state index < -0.39 is 0 Å². The number of ether oxygens (including phenoxy) is 1. The molecule has 3 aromatic rings. The molecule has 5 nitrogen and oxygen atoms in total. The van der Waals surface area contributed by atoms with E-state index in [1.54, 1.807) is 29.7 Å². The van der Waals surface area contributed by atoms with Gasteiger partial charge in [-0.3, -0.25) is 9.69 Å². The number of nitrogens with zero attached hydrogens (tertiary/aromatic N) is 3. The topological polar surface area (TPSA) is 45.7 Å². The highest BCUT2D eigenvalue weighted by Gasteiger charge is 2.23. The molecule has 150 valence electrons. The number of thiophene rings is 1. The molecule has 4 rings (SSSR count). The van der Waals surface area contributed by atoms with Gasteiger partial charge < -0.3 is 9.64 Å². The molecule has 0 atom stereocenters. The van der Waals surface area contributed by atoms with Crippen LogP contribution in [-0.2, 0) is 6.54 Å². The average molecular weight is 408 g/mol. The molecule has 1 aromatic carbocycles. The summed E-state index contributed by atoms with van der Waals surface area (Å²) in [6.07, 6.45) is 2.62. The second-order valence-corrected chi connectivity index (χ2v) is 8.10. The molecule has 1 fully saturated rings. The van der Waals surface area contributed by atoms with Crippen LogP contribution in [-0.4, -0.2) is 46.9 Å². The highest BCUT2D eigenvalue weighted by atomic mass is 32.1. The molecule has 2 aromatic heterocycles. The number of aryl methyl sites for hydroxylation is 1. The highest BCUT2D eigenvalue weighted by Crippen LogP contribution is 2.25. The van der Waals surface area contributed by atoms with Crippen LogP contribution in [0, 0.1) is 6.92 Å². The Kier molecular flexibility index (Phi) is 6.22. The maximum absolute atomic E-state index is 13.2. The van der Waals surface area contributed by atoms with E-state index in [-0.39, 0.29) is 5.91 Å². The summed E-state index contributed by atoms with van der Waals surface area (Å²) in [5, 5.41) is 4.30. The number of carbonyl (C=O) groups is 1. The largest absolute Gasteiger partial charge is 0.438 e. The van der Waals surface area contributed by atoms with Gasteiger partial charge in [0.05, 0.1) is 0 Å². The number of aromatic nitrogens is 1. The van der Waals surface area contributed by atoms with Crippen LogP contribution < -0.4 is 4.74 Å². The van der Waals surface area contributed by atoms with Gasteiger partial charge in [-0.1, -0.05) is 17.7 Å². The molecule has 0 radical (unpaired) electrons. The fraction of sp³-hybridized carbons (Fsp3) is 0.304. The van der Waals surface area contributed by atoms with Gasteiger partial charge in [-0.05, 0) is 60.0 Å². The molecule has 0 bridgehead atoms. The lowest BCUT2D eigenvalue weighted by Crippen LogP contribution is -2.35. The third kappa shape index (κ3) is 5.02. The molecule has 29 heavy (non-hydrogen) atoms. The molecule has 0 aliphatic carbocycles. The highest BCUT2D eigenvalue weighted by molar-refractivity contribution is 7.07. The van der Waals surface area contributed by atoms with E-state index >= 15 is 0 Å². The first-order chi connectivity index (χ1) is 14.2. The first-order valence-electron chi connectivity index (χ1n) is 9.91. The van der Waals surface area contributed by atoms with Crippen LogP contribution >= 0.6 is 11.3 Å². The minimum absolute atomic E-state index is 0.0161. The van der Waals surface area contributed by atoms with Crippen molar-refractivity contribution in [2.45, 2.75) is 19.9 Å². The maximum atomic E-state index is 13.2. The molecule has 1 saturated heterocycles. The Morgan fingerprint density at radius 2 is 1.97 bits per heavy atom. The zero-order valence-corrected chi connectivity index (χ0v) is 17.4. The quantitative estimate of drug-likeness (QED) is 0.620. The maximum Gasteiger partial charge on any atom is 0.259 e. The molecule has 0 spiro atoms. The van der Waals surface area contributed by atoms with Gasteiger partial charge in [-0.2, -0.15) is 11.3 Å². The zero-order chi connectivity index (χ0) is 20.1. The predicted molar refractivity (Wildman–Crippen MR) is 116 cm³/mol. The minimum atomic E-state index is -0.0161. The molecule has 1 aliphatic rings. The SMILES string of the molecule is Cc1ccc(Oc2ncccc2C(=O)N2CCCN(Cc3ccsc3)CC2)cc1. The smallest absolute Gasteiger partial charge is 0.259 e. The average Bonchev–Trinajstić information content (AvgIpc) is 3.14. The van der Waals surface area contributed by atoms with Gasteiger partial charge in [-0.25, -0.2) is 4.98 Å². The van der Waals surface area contributed by atoms with Crippen LogP contribution in [0.1, 0.15) is 27.9 Å². The third-order valence-corrected chi connectivity index (χ3v) is 5.83. The number of hydrogen-bond acceptors (Lipinski definition) is 5. The van der Waals surface area contributed by atoms with Crippen LogP contribution in [0.15, 0.2) is 59.4 Å². The van der Waals surface area contributed by atoms with Crippen LogP contribution in [0.5, 0.6) is 11.6 Å². The third-order valence-electron chi connectivity index (χ3n) is 5.10. The van der Waals surface area contributed by atoms with Crippen LogP contribution in [0.25, 0.3) is 0 Å². The molecule has 1 aliphatic heterocycles. The molecule has 6 heteroatoms. The Balaban J connectivity index is 1.44. The summed E-state index contributed by atoms with van der Waals surface area (Å²) in [6, 6.07) is 13.5. The predicted octanol–water partition coefficient (Wildman–Crippen LogP) is 4.59. The summed E-state index contributed by atoms with van der Waals surface area (Å²) in [6.45, 7) is 6.30. The second kappa shape index (κ2) is 9.20. The van der Waals surface area contributed by atoms with E-state index in [1.165, 1.54) is 5.56 Å². The monoisotopic (exact) mass is 407 g/mol. The number of pyridine rings is 1. The van der Waals surface area contributed by atoms with Crippen molar-refractivity contribution in [2.75, 3.05) is 26.2 Å². The first-order valence-corrected chi connectivity index (χ1v) is 10.9. The first kappa shape index (κ1) is 19.6. The zero-order valence-electron chi connectivity index (χ0n) is 16.6. The van der Waals surface area contributed by atoms with E-state index in [0.29, 0.717) is 23.7 Å². The lowest BCUT2D eigenvalue weighted by Gasteiger charge is -2.22. The van der Waals surface area contributed by atoms with Crippen LogP contribution in [0.2, 0.25) is 0 Å². The summed E-state index contributed by atoms with van der Waals surface area (Å²) in [4.78, 5) is 21.9. The van der Waals surface area contributed by atoms with Gasteiger partial charge in [0.15, 0.2) is 0 Å². The summed E-state index contributed by atoms with van der Waals surface area (Å²) in [5.74, 6) is 1.03. The van der Waals surface area contributed by atoms with Crippen molar-refractivity contribution in [1.29, 1.82) is 0 Å². The summed E-state index contributed by atoms with van der Waals surface area (Å²) < 4.78 is 5.93. The Morgan fingerprint density at radius 1 is 1.10 bits per heavy atom. The lowest BCUT2D eigenvalue weighted by atomic mass is 10.2. The number of hydrogen-bond donors (Lipinski definition) is 0. The fourth-order valence-electron chi connectivity index (χ4n) is 3.50. The van der Waals surface area contributed by atoms with E-state index in [2.05, 4.69) is 26.7 Å². The van der Waals surface area contributed by atoms with Gasteiger partial charge in [0.25, 0.3) is 5.91 Å². The number of benzene rings is 1. The molecule has 3 heterocycles. The summed E-state index contributed by atoms with van der Waals surface area (Å²) >= 11 is 1.73. The van der Waals surface area contributed by atoms with Gasteiger partial charge in [0.1, 0.15) is 11.3 Å². The standard InChI is InChI=1S/C23H25N3O2S/c1-18-5-7-20(8-6-18)28-22-21(4-2-10-24-22)23(27)26-12-3-11-25(13-14-26)16-19-9-15-29-17-19/h2,4-10,15,17H,3,11-14,16H2,1H3. The van der Waals surface area contributed by atoms with Crippen molar-refractivity contribution in [1.82, 2.24) is 14.8 Å².